The molecule has 0 amide bonds. The van der Waals surface area contributed by atoms with Crippen molar-refractivity contribution in [2.24, 2.45) is 5.92 Å². The van der Waals surface area contributed by atoms with E-state index < -0.39 is 0 Å². The van der Waals surface area contributed by atoms with Crippen LogP contribution in [0.2, 0.25) is 0 Å². The third-order valence-electron chi connectivity index (χ3n) is 4.60. The molecule has 0 aromatic carbocycles. The van der Waals surface area contributed by atoms with Crippen LogP contribution in [-0.2, 0) is 0 Å². The molecule has 0 atom stereocenters. The van der Waals surface area contributed by atoms with Gasteiger partial charge in [-0.3, -0.25) is 0 Å². The zero-order valence-electron chi connectivity index (χ0n) is 12.4. The molecule has 1 heterocycles. The van der Waals surface area contributed by atoms with E-state index in [1.807, 2.05) is 6.07 Å². The molecule has 0 spiro atoms. The number of nitrogens with one attached hydrogen (secondary N) is 1. The van der Waals surface area contributed by atoms with Crippen LogP contribution in [0.25, 0.3) is 0 Å². The first kappa shape index (κ1) is 13.7. The standard InChI is InChI=1S/C16H26N4/c1-2-3-11-4-8-13(9-5-11)18-15-10-14(17)19-16(20-15)12-6-7-12/h10-13H,2-9H2,1H3,(H3,17,18,19,20). The number of anilines is 2. The third-order valence-corrected chi connectivity index (χ3v) is 4.60. The normalized spacial score (nSPS) is 26.4. The van der Waals surface area contributed by atoms with Crippen molar-refractivity contribution in [2.75, 3.05) is 11.1 Å². The van der Waals surface area contributed by atoms with Crippen LogP contribution in [0, 0.1) is 5.92 Å². The molecular weight excluding hydrogens is 248 g/mol. The Kier molecular flexibility index (Phi) is 4.08. The van der Waals surface area contributed by atoms with Crippen molar-refractivity contribution in [1.82, 2.24) is 9.97 Å². The Balaban J connectivity index is 1.58. The van der Waals surface area contributed by atoms with Crippen molar-refractivity contribution in [1.29, 1.82) is 0 Å². The Hall–Kier alpha value is -1.32. The first-order valence-electron chi connectivity index (χ1n) is 8.15. The average Bonchev–Trinajstić information content (AvgIpc) is 3.25. The Morgan fingerprint density at radius 3 is 2.55 bits per heavy atom. The van der Waals surface area contributed by atoms with Crippen LogP contribution in [-0.4, -0.2) is 16.0 Å². The van der Waals surface area contributed by atoms with Gasteiger partial charge in [-0.1, -0.05) is 19.8 Å². The zero-order valence-corrected chi connectivity index (χ0v) is 12.4. The molecule has 2 aliphatic rings. The fourth-order valence-electron chi connectivity index (χ4n) is 3.30. The predicted octanol–water partition coefficient (Wildman–Crippen LogP) is 3.71. The van der Waals surface area contributed by atoms with E-state index in [0.29, 0.717) is 17.8 Å². The fraction of sp³-hybridized carbons (Fsp3) is 0.750. The maximum atomic E-state index is 5.90. The van der Waals surface area contributed by atoms with E-state index in [-0.39, 0.29) is 0 Å². The Morgan fingerprint density at radius 1 is 1.15 bits per heavy atom. The molecule has 2 saturated carbocycles. The van der Waals surface area contributed by atoms with Gasteiger partial charge in [0.2, 0.25) is 0 Å². The highest BCUT2D eigenvalue weighted by atomic mass is 15.1. The van der Waals surface area contributed by atoms with Crippen molar-refractivity contribution < 1.29 is 0 Å². The van der Waals surface area contributed by atoms with Crippen LogP contribution >= 0.6 is 0 Å². The van der Waals surface area contributed by atoms with Gasteiger partial charge in [0.1, 0.15) is 17.5 Å². The topological polar surface area (TPSA) is 63.8 Å². The van der Waals surface area contributed by atoms with Crippen LogP contribution in [0.1, 0.15) is 70.0 Å². The van der Waals surface area contributed by atoms with E-state index in [9.17, 15) is 0 Å². The van der Waals surface area contributed by atoms with E-state index in [1.54, 1.807) is 0 Å². The molecule has 2 aliphatic carbocycles. The van der Waals surface area contributed by atoms with Crippen molar-refractivity contribution >= 4 is 11.6 Å². The second kappa shape index (κ2) is 5.98. The van der Waals surface area contributed by atoms with Crippen LogP contribution in [0.15, 0.2) is 6.07 Å². The second-order valence-electron chi connectivity index (χ2n) is 6.46. The molecule has 0 aliphatic heterocycles. The van der Waals surface area contributed by atoms with Crippen molar-refractivity contribution in [2.45, 2.75) is 70.3 Å². The molecular formula is C16H26N4. The first-order valence-corrected chi connectivity index (χ1v) is 8.15. The number of hydrogen-bond donors (Lipinski definition) is 2. The fourth-order valence-corrected chi connectivity index (χ4v) is 3.30. The first-order chi connectivity index (χ1) is 9.74. The van der Waals surface area contributed by atoms with Crippen LogP contribution < -0.4 is 11.1 Å². The molecule has 3 N–H and O–H groups in total. The SMILES string of the molecule is CCCC1CCC(Nc2cc(N)nc(C3CC3)n2)CC1. The van der Waals surface area contributed by atoms with Gasteiger partial charge in [0.05, 0.1) is 0 Å². The molecule has 0 saturated heterocycles. The van der Waals surface area contributed by atoms with Crippen LogP contribution in [0.4, 0.5) is 11.6 Å². The summed E-state index contributed by atoms with van der Waals surface area (Å²) in [5, 5.41) is 3.58. The van der Waals surface area contributed by atoms with Gasteiger partial charge in [0.25, 0.3) is 0 Å². The summed E-state index contributed by atoms with van der Waals surface area (Å²) in [7, 11) is 0. The number of nitrogen functional groups attached to an aromatic ring is 1. The number of nitrogens with zero attached hydrogens (tertiary/aromatic N) is 2. The highest BCUT2D eigenvalue weighted by molar-refractivity contribution is 5.46. The van der Waals surface area contributed by atoms with Gasteiger partial charge in [-0.05, 0) is 44.4 Å². The minimum absolute atomic E-state index is 0.555. The van der Waals surface area contributed by atoms with Gasteiger partial charge in [-0.2, -0.15) is 0 Å². The summed E-state index contributed by atoms with van der Waals surface area (Å²) in [5.74, 6) is 3.96. The number of aromatic nitrogens is 2. The van der Waals surface area contributed by atoms with Crippen molar-refractivity contribution in [3.8, 4) is 0 Å². The molecule has 20 heavy (non-hydrogen) atoms. The highest BCUT2D eigenvalue weighted by Crippen LogP contribution is 2.38. The average molecular weight is 274 g/mol. The second-order valence-corrected chi connectivity index (χ2v) is 6.46. The van der Waals surface area contributed by atoms with E-state index in [2.05, 4.69) is 22.2 Å². The van der Waals surface area contributed by atoms with Crippen LogP contribution in [0.3, 0.4) is 0 Å². The summed E-state index contributed by atoms with van der Waals surface area (Å²) < 4.78 is 0. The number of rotatable bonds is 5. The lowest BCUT2D eigenvalue weighted by atomic mass is 9.83. The van der Waals surface area contributed by atoms with Crippen molar-refractivity contribution in [3.63, 3.8) is 0 Å². The molecule has 1 aromatic rings. The Labute approximate surface area is 121 Å². The van der Waals surface area contributed by atoms with Gasteiger partial charge in [-0.25, -0.2) is 9.97 Å². The molecule has 2 fully saturated rings. The Bertz CT molecular complexity index is 448. The summed E-state index contributed by atoms with van der Waals surface area (Å²) in [5.41, 5.74) is 5.90. The lowest BCUT2D eigenvalue weighted by Gasteiger charge is -2.29. The monoisotopic (exact) mass is 274 g/mol. The van der Waals surface area contributed by atoms with Crippen LogP contribution in [0.5, 0.6) is 0 Å². The molecule has 4 nitrogen and oxygen atoms in total. The minimum atomic E-state index is 0.555. The lowest BCUT2D eigenvalue weighted by Crippen LogP contribution is -2.26. The maximum absolute atomic E-state index is 5.90. The number of nitrogens with two attached hydrogens (primary N) is 1. The third kappa shape index (κ3) is 3.41. The largest absolute Gasteiger partial charge is 0.384 e. The van der Waals surface area contributed by atoms with E-state index in [0.717, 1.165) is 17.6 Å². The smallest absolute Gasteiger partial charge is 0.136 e. The quantitative estimate of drug-likeness (QED) is 0.859. The summed E-state index contributed by atoms with van der Waals surface area (Å²) in [6, 6.07) is 2.44. The summed E-state index contributed by atoms with van der Waals surface area (Å²) in [6.45, 7) is 2.29. The van der Waals surface area contributed by atoms with Gasteiger partial charge < -0.3 is 11.1 Å². The minimum Gasteiger partial charge on any atom is -0.384 e. The highest BCUT2D eigenvalue weighted by Gasteiger charge is 2.27. The van der Waals surface area contributed by atoms with E-state index in [4.69, 9.17) is 5.73 Å². The molecule has 0 unspecified atom stereocenters. The molecule has 0 radical (unpaired) electrons. The molecule has 4 heteroatoms. The van der Waals surface area contributed by atoms with Crippen molar-refractivity contribution in [3.05, 3.63) is 11.9 Å². The molecule has 110 valence electrons. The maximum Gasteiger partial charge on any atom is 0.136 e. The van der Waals surface area contributed by atoms with E-state index >= 15 is 0 Å². The van der Waals surface area contributed by atoms with E-state index in [1.165, 1.54) is 51.4 Å². The molecule has 0 bridgehead atoms. The van der Waals surface area contributed by atoms with Gasteiger partial charge in [0, 0.05) is 18.0 Å². The predicted molar refractivity (Wildman–Crippen MR) is 82.7 cm³/mol. The van der Waals surface area contributed by atoms with Gasteiger partial charge >= 0.3 is 0 Å². The summed E-state index contributed by atoms with van der Waals surface area (Å²) in [4.78, 5) is 8.99. The molecule has 3 rings (SSSR count). The summed E-state index contributed by atoms with van der Waals surface area (Å²) in [6.07, 6.45) is 10.3. The van der Waals surface area contributed by atoms with Gasteiger partial charge in [-0.15, -0.1) is 0 Å². The lowest BCUT2D eigenvalue weighted by molar-refractivity contribution is 0.318. The molecule has 1 aromatic heterocycles. The zero-order chi connectivity index (χ0) is 13.9. The summed E-state index contributed by atoms with van der Waals surface area (Å²) >= 11 is 0. The van der Waals surface area contributed by atoms with Gasteiger partial charge in [0.15, 0.2) is 0 Å². The number of hydrogen-bond acceptors (Lipinski definition) is 4. The Morgan fingerprint density at radius 2 is 1.90 bits per heavy atom.